The molecule has 0 fully saturated rings. The van der Waals surface area contributed by atoms with Crippen molar-refractivity contribution in [3.63, 3.8) is 0 Å². The van der Waals surface area contributed by atoms with Crippen LogP contribution >= 0.6 is 11.6 Å². The van der Waals surface area contributed by atoms with Gasteiger partial charge in [0, 0.05) is 7.05 Å². The largest absolute Gasteiger partial charge is 0.292 e. The van der Waals surface area contributed by atoms with Gasteiger partial charge in [0.1, 0.15) is 0 Å². The van der Waals surface area contributed by atoms with Gasteiger partial charge in [-0.2, -0.15) is 0 Å². The van der Waals surface area contributed by atoms with Crippen LogP contribution in [0.1, 0.15) is 13.8 Å². The van der Waals surface area contributed by atoms with E-state index in [0.717, 1.165) is 5.71 Å². The number of nitrogens with zero attached hydrogens (tertiary/aromatic N) is 1. The summed E-state index contributed by atoms with van der Waals surface area (Å²) >= 11 is 5.74. The Balaban J connectivity index is 4.01. The van der Waals surface area contributed by atoms with Crippen LogP contribution in [0.4, 0.5) is 0 Å². The predicted octanol–water partition coefficient (Wildman–Crippen LogP) is 2.26. The number of allylic oxidation sites excluding steroid dienone is 2. The Kier molecular flexibility index (Phi) is 4.41. The molecule has 0 N–H and O–H groups in total. The molecule has 9 heavy (non-hydrogen) atoms. The number of aliphatic imine (C=N–C) groups is 1. The Labute approximate surface area is 61.4 Å². The zero-order valence-electron chi connectivity index (χ0n) is 6.06. The van der Waals surface area contributed by atoms with E-state index in [0.29, 0.717) is 0 Å². The summed E-state index contributed by atoms with van der Waals surface area (Å²) < 4.78 is 0. The summed E-state index contributed by atoms with van der Waals surface area (Å²) in [4.78, 5) is 3.98. The predicted molar refractivity (Wildman–Crippen MR) is 43.5 cm³/mol. The average molecular weight is 146 g/mol. The lowest BCUT2D eigenvalue weighted by atomic mass is 10.2. The van der Waals surface area contributed by atoms with Crippen molar-refractivity contribution < 1.29 is 0 Å². The molecule has 0 heterocycles. The van der Waals surface area contributed by atoms with Crippen LogP contribution in [0.2, 0.25) is 0 Å². The molecule has 2 heteroatoms. The molecule has 0 aromatic rings. The van der Waals surface area contributed by atoms with Crippen LogP contribution in [0.15, 0.2) is 17.1 Å². The van der Waals surface area contributed by atoms with E-state index in [-0.39, 0.29) is 5.38 Å². The third kappa shape index (κ3) is 3.31. The lowest BCUT2D eigenvalue weighted by Crippen LogP contribution is -2.06. The van der Waals surface area contributed by atoms with Crippen molar-refractivity contribution in [3.05, 3.63) is 12.2 Å². The molecule has 0 amide bonds. The quantitative estimate of drug-likeness (QED) is 0.418. The van der Waals surface area contributed by atoms with Crippen molar-refractivity contribution in [2.24, 2.45) is 4.99 Å². The highest BCUT2D eigenvalue weighted by atomic mass is 35.5. The van der Waals surface area contributed by atoms with E-state index in [1.165, 1.54) is 0 Å². The average Bonchev–Trinajstić information content (AvgIpc) is 1.82. The second-order valence-electron chi connectivity index (χ2n) is 1.76. The molecule has 0 spiro atoms. The molecule has 0 saturated carbocycles. The smallest absolute Gasteiger partial charge is 0.0724 e. The van der Waals surface area contributed by atoms with Gasteiger partial charge in [-0.05, 0) is 19.9 Å². The van der Waals surface area contributed by atoms with Crippen molar-refractivity contribution in [1.29, 1.82) is 0 Å². The third-order valence-corrected chi connectivity index (χ3v) is 1.23. The van der Waals surface area contributed by atoms with E-state index in [2.05, 4.69) is 4.99 Å². The fourth-order valence-electron chi connectivity index (χ4n) is 0.556. The van der Waals surface area contributed by atoms with Crippen LogP contribution in [0.5, 0.6) is 0 Å². The molecule has 0 aliphatic heterocycles. The van der Waals surface area contributed by atoms with Crippen molar-refractivity contribution in [2.75, 3.05) is 7.05 Å². The summed E-state index contributed by atoms with van der Waals surface area (Å²) in [6.07, 6.45) is 3.85. The summed E-state index contributed by atoms with van der Waals surface area (Å²) in [5, 5.41) is 0.0196. The zero-order valence-corrected chi connectivity index (χ0v) is 6.81. The molecule has 0 aromatic heterocycles. The van der Waals surface area contributed by atoms with E-state index in [1.54, 1.807) is 7.05 Å². The molecule has 1 atom stereocenters. The van der Waals surface area contributed by atoms with Crippen molar-refractivity contribution >= 4 is 17.3 Å². The van der Waals surface area contributed by atoms with E-state index in [4.69, 9.17) is 11.6 Å². The summed E-state index contributed by atoms with van der Waals surface area (Å²) in [6.45, 7) is 3.86. The van der Waals surface area contributed by atoms with Crippen LogP contribution < -0.4 is 0 Å². The number of rotatable bonds is 2. The molecule has 1 unspecified atom stereocenters. The maximum absolute atomic E-state index is 5.74. The Hall–Kier alpha value is -0.300. The summed E-state index contributed by atoms with van der Waals surface area (Å²) in [7, 11) is 1.74. The lowest BCUT2D eigenvalue weighted by molar-refractivity contribution is 1.26. The lowest BCUT2D eigenvalue weighted by Gasteiger charge is -1.99. The molecule has 0 rings (SSSR count). The van der Waals surface area contributed by atoms with Crippen LogP contribution in [-0.2, 0) is 0 Å². The zero-order chi connectivity index (χ0) is 7.28. The Morgan fingerprint density at radius 1 is 1.67 bits per heavy atom. The van der Waals surface area contributed by atoms with E-state index in [9.17, 15) is 0 Å². The Bertz CT molecular complexity index is 125. The Morgan fingerprint density at radius 3 is 2.33 bits per heavy atom. The molecule has 0 saturated heterocycles. The van der Waals surface area contributed by atoms with Crippen LogP contribution in [0.25, 0.3) is 0 Å². The van der Waals surface area contributed by atoms with Gasteiger partial charge in [-0.1, -0.05) is 6.08 Å². The fourth-order valence-corrected chi connectivity index (χ4v) is 0.726. The maximum atomic E-state index is 5.74. The molecule has 0 aliphatic carbocycles. The van der Waals surface area contributed by atoms with Crippen molar-refractivity contribution in [2.45, 2.75) is 19.2 Å². The summed E-state index contributed by atoms with van der Waals surface area (Å²) in [5.74, 6) is 0. The van der Waals surface area contributed by atoms with Crippen molar-refractivity contribution in [3.8, 4) is 0 Å². The molecular formula is C7H12ClN. The minimum atomic E-state index is 0.0196. The number of halogens is 1. The molecule has 0 bridgehead atoms. The summed E-state index contributed by atoms with van der Waals surface area (Å²) in [6, 6.07) is 0. The van der Waals surface area contributed by atoms with Gasteiger partial charge in [-0.3, -0.25) is 4.99 Å². The van der Waals surface area contributed by atoms with Gasteiger partial charge in [0.15, 0.2) is 0 Å². The van der Waals surface area contributed by atoms with E-state index >= 15 is 0 Å². The third-order valence-electron chi connectivity index (χ3n) is 1.00. The van der Waals surface area contributed by atoms with Gasteiger partial charge in [-0.15, -0.1) is 11.6 Å². The first kappa shape index (κ1) is 8.70. The van der Waals surface area contributed by atoms with Gasteiger partial charge in [0.05, 0.1) is 11.1 Å². The first-order chi connectivity index (χ1) is 4.22. The SMILES string of the molecule is C/C=C\C(=NC)C(C)Cl. The first-order valence-corrected chi connectivity index (χ1v) is 3.39. The number of hydrogen-bond donors (Lipinski definition) is 0. The standard InChI is InChI=1S/C7H12ClN/c1-4-5-7(9-3)6(2)8/h4-6H,1-3H3/b5-4-,9-7?. The van der Waals surface area contributed by atoms with Crippen LogP contribution in [0.3, 0.4) is 0 Å². The van der Waals surface area contributed by atoms with Gasteiger partial charge < -0.3 is 0 Å². The normalized spacial score (nSPS) is 16.7. The summed E-state index contributed by atoms with van der Waals surface area (Å²) in [5.41, 5.74) is 0.930. The highest BCUT2D eigenvalue weighted by Gasteiger charge is 1.99. The van der Waals surface area contributed by atoms with Gasteiger partial charge in [-0.25, -0.2) is 0 Å². The maximum Gasteiger partial charge on any atom is 0.0724 e. The minimum absolute atomic E-state index is 0.0196. The van der Waals surface area contributed by atoms with Crippen LogP contribution in [-0.4, -0.2) is 18.1 Å². The van der Waals surface area contributed by atoms with E-state index < -0.39 is 0 Å². The second kappa shape index (κ2) is 4.57. The second-order valence-corrected chi connectivity index (χ2v) is 2.42. The molecule has 0 aromatic carbocycles. The van der Waals surface area contributed by atoms with Gasteiger partial charge >= 0.3 is 0 Å². The first-order valence-electron chi connectivity index (χ1n) is 2.95. The number of hydrogen-bond acceptors (Lipinski definition) is 1. The molecule has 0 radical (unpaired) electrons. The fraction of sp³-hybridized carbons (Fsp3) is 0.571. The number of alkyl halides is 1. The minimum Gasteiger partial charge on any atom is -0.292 e. The Morgan fingerprint density at radius 2 is 2.22 bits per heavy atom. The highest BCUT2D eigenvalue weighted by Crippen LogP contribution is 1.98. The van der Waals surface area contributed by atoms with Gasteiger partial charge in [0.2, 0.25) is 0 Å². The molecular weight excluding hydrogens is 134 g/mol. The van der Waals surface area contributed by atoms with Crippen LogP contribution in [0, 0.1) is 0 Å². The monoisotopic (exact) mass is 145 g/mol. The van der Waals surface area contributed by atoms with Gasteiger partial charge in [0.25, 0.3) is 0 Å². The molecule has 52 valence electrons. The van der Waals surface area contributed by atoms with E-state index in [1.807, 2.05) is 26.0 Å². The molecule has 1 nitrogen and oxygen atoms in total. The highest BCUT2D eigenvalue weighted by molar-refractivity contribution is 6.33. The topological polar surface area (TPSA) is 12.4 Å². The molecule has 0 aliphatic rings. The van der Waals surface area contributed by atoms with Crippen molar-refractivity contribution in [1.82, 2.24) is 0 Å².